The SMILES string of the molecule is CCC(CC)CNCC1CCCN1CC. The van der Waals surface area contributed by atoms with E-state index in [-0.39, 0.29) is 0 Å². The van der Waals surface area contributed by atoms with Gasteiger partial charge in [0.2, 0.25) is 0 Å². The van der Waals surface area contributed by atoms with Crippen LogP contribution in [-0.4, -0.2) is 37.1 Å². The second-order valence-electron chi connectivity index (χ2n) is 4.77. The minimum atomic E-state index is 0.810. The van der Waals surface area contributed by atoms with Gasteiger partial charge in [-0.25, -0.2) is 0 Å². The maximum absolute atomic E-state index is 3.65. The van der Waals surface area contributed by atoms with Gasteiger partial charge in [0.15, 0.2) is 0 Å². The molecule has 15 heavy (non-hydrogen) atoms. The van der Waals surface area contributed by atoms with Crippen molar-refractivity contribution >= 4 is 0 Å². The lowest BCUT2D eigenvalue weighted by Crippen LogP contribution is -2.39. The average molecular weight is 212 g/mol. The predicted octanol–water partition coefficient (Wildman–Crippen LogP) is 2.50. The lowest BCUT2D eigenvalue weighted by atomic mass is 10.0. The van der Waals surface area contributed by atoms with E-state index in [0.717, 1.165) is 12.0 Å². The fourth-order valence-electron chi connectivity index (χ4n) is 2.57. The molecule has 1 atom stereocenters. The third-order valence-electron chi connectivity index (χ3n) is 3.87. The van der Waals surface area contributed by atoms with E-state index in [9.17, 15) is 0 Å². The van der Waals surface area contributed by atoms with Crippen molar-refractivity contribution in [3.8, 4) is 0 Å². The molecule has 0 aromatic carbocycles. The zero-order chi connectivity index (χ0) is 11.1. The average Bonchev–Trinajstić information content (AvgIpc) is 2.72. The fourth-order valence-corrected chi connectivity index (χ4v) is 2.57. The molecule has 0 aromatic heterocycles. The van der Waals surface area contributed by atoms with Gasteiger partial charge in [0, 0.05) is 12.6 Å². The molecule has 1 N–H and O–H groups in total. The van der Waals surface area contributed by atoms with Crippen molar-refractivity contribution in [2.24, 2.45) is 5.92 Å². The Bertz CT molecular complexity index is 155. The van der Waals surface area contributed by atoms with Crippen molar-refractivity contribution in [3.63, 3.8) is 0 Å². The molecule has 1 heterocycles. The number of nitrogens with zero attached hydrogens (tertiary/aromatic N) is 1. The van der Waals surface area contributed by atoms with Crippen LogP contribution in [0.2, 0.25) is 0 Å². The Morgan fingerprint density at radius 1 is 1.27 bits per heavy atom. The second kappa shape index (κ2) is 7.24. The van der Waals surface area contributed by atoms with Gasteiger partial charge >= 0.3 is 0 Å². The third kappa shape index (κ3) is 4.12. The van der Waals surface area contributed by atoms with Gasteiger partial charge in [0.05, 0.1) is 0 Å². The first-order chi connectivity index (χ1) is 7.31. The van der Waals surface area contributed by atoms with Gasteiger partial charge in [0.25, 0.3) is 0 Å². The Labute approximate surface area is 95.4 Å². The van der Waals surface area contributed by atoms with Crippen molar-refractivity contribution in [2.75, 3.05) is 26.2 Å². The van der Waals surface area contributed by atoms with Gasteiger partial charge in [-0.2, -0.15) is 0 Å². The molecule has 90 valence electrons. The summed E-state index contributed by atoms with van der Waals surface area (Å²) in [6.45, 7) is 11.8. The van der Waals surface area contributed by atoms with Crippen molar-refractivity contribution in [3.05, 3.63) is 0 Å². The van der Waals surface area contributed by atoms with E-state index in [2.05, 4.69) is 31.0 Å². The smallest absolute Gasteiger partial charge is 0.0220 e. The highest BCUT2D eigenvalue weighted by Gasteiger charge is 2.22. The topological polar surface area (TPSA) is 15.3 Å². The molecule has 0 bridgehead atoms. The highest BCUT2D eigenvalue weighted by Crippen LogP contribution is 2.15. The van der Waals surface area contributed by atoms with Crippen LogP contribution in [0.3, 0.4) is 0 Å². The minimum Gasteiger partial charge on any atom is -0.315 e. The second-order valence-corrected chi connectivity index (χ2v) is 4.77. The number of hydrogen-bond acceptors (Lipinski definition) is 2. The number of likely N-dealkylation sites (N-methyl/N-ethyl adjacent to an activating group) is 1. The summed E-state index contributed by atoms with van der Waals surface area (Å²) >= 11 is 0. The summed E-state index contributed by atoms with van der Waals surface area (Å²) in [5.41, 5.74) is 0. The number of nitrogens with one attached hydrogen (secondary N) is 1. The van der Waals surface area contributed by atoms with E-state index in [0.29, 0.717) is 0 Å². The highest BCUT2D eigenvalue weighted by atomic mass is 15.2. The summed E-state index contributed by atoms with van der Waals surface area (Å²) in [5.74, 6) is 0.876. The van der Waals surface area contributed by atoms with Crippen LogP contribution in [0.5, 0.6) is 0 Å². The molecule has 0 amide bonds. The van der Waals surface area contributed by atoms with Gasteiger partial charge in [-0.15, -0.1) is 0 Å². The Morgan fingerprint density at radius 2 is 2.00 bits per heavy atom. The molecule has 0 spiro atoms. The zero-order valence-electron chi connectivity index (χ0n) is 10.8. The molecule has 1 rings (SSSR count). The molecule has 1 aliphatic rings. The summed E-state index contributed by atoms with van der Waals surface area (Å²) in [5, 5.41) is 3.65. The number of likely N-dealkylation sites (tertiary alicyclic amines) is 1. The Balaban J connectivity index is 2.13. The lowest BCUT2D eigenvalue weighted by molar-refractivity contribution is 0.256. The van der Waals surface area contributed by atoms with Gasteiger partial charge < -0.3 is 5.32 Å². The molecule has 2 heteroatoms. The third-order valence-corrected chi connectivity index (χ3v) is 3.87. The minimum absolute atomic E-state index is 0.810. The summed E-state index contributed by atoms with van der Waals surface area (Å²) in [4.78, 5) is 2.61. The molecule has 0 saturated carbocycles. The highest BCUT2D eigenvalue weighted by molar-refractivity contribution is 4.80. The van der Waals surface area contributed by atoms with Crippen LogP contribution in [0.1, 0.15) is 46.5 Å². The van der Waals surface area contributed by atoms with Crippen LogP contribution in [0.4, 0.5) is 0 Å². The Hall–Kier alpha value is -0.0800. The van der Waals surface area contributed by atoms with Crippen LogP contribution in [0, 0.1) is 5.92 Å². The zero-order valence-corrected chi connectivity index (χ0v) is 10.8. The standard InChI is InChI=1S/C13H28N2/c1-4-12(5-2)10-14-11-13-8-7-9-15(13)6-3/h12-14H,4-11H2,1-3H3. The largest absolute Gasteiger partial charge is 0.315 e. The molecule has 0 aliphatic carbocycles. The van der Waals surface area contributed by atoms with Crippen LogP contribution in [0.25, 0.3) is 0 Å². The first-order valence-corrected chi connectivity index (χ1v) is 6.76. The van der Waals surface area contributed by atoms with Crippen molar-refractivity contribution in [2.45, 2.75) is 52.5 Å². The van der Waals surface area contributed by atoms with E-state index in [1.807, 2.05) is 0 Å². The number of rotatable bonds is 7. The molecule has 0 aromatic rings. The van der Waals surface area contributed by atoms with Crippen LogP contribution >= 0.6 is 0 Å². The Kier molecular flexibility index (Phi) is 6.26. The molecular formula is C13H28N2. The first kappa shape index (κ1) is 13.0. The van der Waals surface area contributed by atoms with E-state index in [1.54, 1.807) is 0 Å². The van der Waals surface area contributed by atoms with Gasteiger partial charge in [-0.1, -0.05) is 33.6 Å². The summed E-state index contributed by atoms with van der Waals surface area (Å²) in [6.07, 6.45) is 5.41. The summed E-state index contributed by atoms with van der Waals surface area (Å²) in [7, 11) is 0. The first-order valence-electron chi connectivity index (χ1n) is 6.76. The summed E-state index contributed by atoms with van der Waals surface area (Å²) in [6, 6.07) is 0.810. The number of hydrogen-bond donors (Lipinski definition) is 1. The van der Waals surface area contributed by atoms with Crippen molar-refractivity contribution in [1.29, 1.82) is 0 Å². The van der Waals surface area contributed by atoms with Crippen molar-refractivity contribution < 1.29 is 0 Å². The maximum Gasteiger partial charge on any atom is 0.0220 e. The molecule has 0 radical (unpaired) electrons. The molecular weight excluding hydrogens is 184 g/mol. The van der Waals surface area contributed by atoms with Crippen LogP contribution in [0.15, 0.2) is 0 Å². The van der Waals surface area contributed by atoms with Crippen LogP contribution in [-0.2, 0) is 0 Å². The quantitative estimate of drug-likeness (QED) is 0.697. The predicted molar refractivity (Wildman–Crippen MR) is 67.2 cm³/mol. The molecule has 2 nitrogen and oxygen atoms in total. The van der Waals surface area contributed by atoms with Gasteiger partial charge in [-0.05, 0) is 38.4 Å². The lowest BCUT2D eigenvalue weighted by Gasteiger charge is -2.24. The van der Waals surface area contributed by atoms with E-state index < -0.39 is 0 Å². The molecule has 1 fully saturated rings. The fraction of sp³-hybridized carbons (Fsp3) is 1.00. The molecule has 1 unspecified atom stereocenters. The van der Waals surface area contributed by atoms with E-state index in [1.165, 1.54) is 51.9 Å². The van der Waals surface area contributed by atoms with Gasteiger partial charge in [0.1, 0.15) is 0 Å². The Morgan fingerprint density at radius 3 is 2.60 bits per heavy atom. The maximum atomic E-state index is 3.65. The van der Waals surface area contributed by atoms with Crippen LogP contribution < -0.4 is 5.32 Å². The van der Waals surface area contributed by atoms with Gasteiger partial charge in [-0.3, -0.25) is 4.90 Å². The van der Waals surface area contributed by atoms with Crippen molar-refractivity contribution in [1.82, 2.24) is 10.2 Å². The van der Waals surface area contributed by atoms with E-state index >= 15 is 0 Å². The van der Waals surface area contributed by atoms with E-state index in [4.69, 9.17) is 0 Å². The summed E-state index contributed by atoms with van der Waals surface area (Å²) < 4.78 is 0. The monoisotopic (exact) mass is 212 g/mol. The normalized spacial score (nSPS) is 22.8. The molecule has 1 aliphatic heterocycles. The molecule has 1 saturated heterocycles.